The lowest BCUT2D eigenvalue weighted by Crippen LogP contribution is -2.20. The number of nitrogens with one attached hydrogen (secondary N) is 2. The van der Waals surface area contributed by atoms with Gasteiger partial charge in [-0.25, -0.2) is 0 Å². The number of aryl methyl sites for hydroxylation is 1. The predicted octanol–water partition coefficient (Wildman–Crippen LogP) is 4.96. The molecule has 0 aliphatic carbocycles. The Balaban J connectivity index is 1.53. The number of anilines is 3. The highest BCUT2D eigenvalue weighted by Gasteiger charge is 2.05. The highest BCUT2D eigenvalue weighted by Crippen LogP contribution is 2.20. The van der Waals surface area contributed by atoms with Gasteiger partial charge in [0, 0.05) is 22.6 Å². The standard InChI is InChI=1S/C23H22N2O3/c1-16-6-12-22(13-7-16)28-15-23(27)25-20-10-8-19(9-11-20)24-21-5-3-4-18(14-21)17(2)26/h3-14,24H,15H2,1-2H3,(H,25,27). The molecule has 0 saturated carbocycles. The molecule has 0 aliphatic rings. The predicted molar refractivity (Wildman–Crippen MR) is 111 cm³/mol. The molecule has 5 heteroatoms. The summed E-state index contributed by atoms with van der Waals surface area (Å²) in [7, 11) is 0. The average Bonchev–Trinajstić information content (AvgIpc) is 2.69. The number of carbonyl (C=O) groups is 2. The Morgan fingerprint density at radius 2 is 1.54 bits per heavy atom. The summed E-state index contributed by atoms with van der Waals surface area (Å²) >= 11 is 0. The van der Waals surface area contributed by atoms with E-state index in [1.54, 1.807) is 31.2 Å². The van der Waals surface area contributed by atoms with E-state index in [1.807, 2.05) is 55.5 Å². The second-order valence-electron chi connectivity index (χ2n) is 6.49. The van der Waals surface area contributed by atoms with E-state index in [-0.39, 0.29) is 18.3 Å². The van der Waals surface area contributed by atoms with Crippen LogP contribution in [0, 0.1) is 6.92 Å². The van der Waals surface area contributed by atoms with Gasteiger partial charge in [-0.2, -0.15) is 0 Å². The Labute approximate surface area is 164 Å². The number of Topliss-reactive ketones (excluding diaryl/α,β-unsaturated/α-hetero) is 1. The molecule has 0 saturated heterocycles. The fourth-order valence-electron chi connectivity index (χ4n) is 2.60. The Morgan fingerprint density at radius 3 is 2.21 bits per heavy atom. The number of ether oxygens (including phenoxy) is 1. The van der Waals surface area contributed by atoms with Gasteiger partial charge in [0.1, 0.15) is 5.75 Å². The summed E-state index contributed by atoms with van der Waals surface area (Å²) in [6.07, 6.45) is 0. The number of amides is 1. The molecule has 3 aromatic rings. The second-order valence-corrected chi connectivity index (χ2v) is 6.49. The van der Waals surface area contributed by atoms with E-state index in [0.717, 1.165) is 16.9 Å². The van der Waals surface area contributed by atoms with Crippen LogP contribution in [0.3, 0.4) is 0 Å². The first-order chi connectivity index (χ1) is 13.5. The topological polar surface area (TPSA) is 67.4 Å². The largest absolute Gasteiger partial charge is 0.484 e. The summed E-state index contributed by atoms with van der Waals surface area (Å²) in [6, 6.07) is 22.2. The van der Waals surface area contributed by atoms with Gasteiger partial charge in [0.2, 0.25) is 0 Å². The molecule has 0 fully saturated rings. The highest BCUT2D eigenvalue weighted by atomic mass is 16.5. The van der Waals surface area contributed by atoms with E-state index in [9.17, 15) is 9.59 Å². The van der Waals surface area contributed by atoms with E-state index in [2.05, 4.69) is 10.6 Å². The molecule has 0 spiro atoms. The van der Waals surface area contributed by atoms with E-state index in [1.165, 1.54) is 0 Å². The normalized spacial score (nSPS) is 10.2. The number of hydrogen-bond acceptors (Lipinski definition) is 4. The monoisotopic (exact) mass is 374 g/mol. The number of hydrogen-bond donors (Lipinski definition) is 2. The lowest BCUT2D eigenvalue weighted by molar-refractivity contribution is -0.118. The van der Waals surface area contributed by atoms with Gasteiger partial charge in [-0.05, 0) is 62.4 Å². The molecule has 3 aromatic carbocycles. The first-order valence-corrected chi connectivity index (χ1v) is 8.97. The molecule has 0 heterocycles. The molecule has 2 N–H and O–H groups in total. The van der Waals surface area contributed by atoms with Crippen LogP contribution >= 0.6 is 0 Å². The maximum absolute atomic E-state index is 12.0. The minimum atomic E-state index is -0.226. The average molecular weight is 374 g/mol. The molecule has 1 amide bonds. The first-order valence-electron chi connectivity index (χ1n) is 8.97. The Bertz CT molecular complexity index is 964. The third-order valence-electron chi connectivity index (χ3n) is 4.12. The van der Waals surface area contributed by atoms with Crippen LogP contribution in [0.1, 0.15) is 22.8 Å². The zero-order valence-electron chi connectivity index (χ0n) is 15.9. The van der Waals surface area contributed by atoms with Gasteiger partial charge < -0.3 is 15.4 Å². The maximum Gasteiger partial charge on any atom is 0.262 e. The molecule has 0 aliphatic heterocycles. The zero-order chi connectivity index (χ0) is 19.9. The number of benzene rings is 3. The molecule has 0 bridgehead atoms. The minimum absolute atomic E-state index is 0.0227. The van der Waals surface area contributed by atoms with Crippen molar-refractivity contribution in [2.45, 2.75) is 13.8 Å². The molecule has 142 valence electrons. The Morgan fingerprint density at radius 1 is 0.857 bits per heavy atom. The van der Waals surface area contributed by atoms with Gasteiger partial charge in [0.25, 0.3) is 5.91 Å². The van der Waals surface area contributed by atoms with Crippen molar-refractivity contribution in [2.75, 3.05) is 17.2 Å². The number of carbonyl (C=O) groups excluding carboxylic acids is 2. The van der Waals surface area contributed by atoms with Gasteiger partial charge in [0.05, 0.1) is 0 Å². The summed E-state index contributed by atoms with van der Waals surface area (Å²) < 4.78 is 5.48. The van der Waals surface area contributed by atoms with Crippen molar-refractivity contribution < 1.29 is 14.3 Å². The fourth-order valence-corrected chi connectivity index (χ4v) is 2.60. The Hall–Kier alpha value is -3.60. The summed E-state index contributed by atoms with van der Waals surface area (Å²) in [6.45, 7) is 3.48. The summed E-state index contributed by atoms with van der Waals surface area (Å²) in [5.74, 6) is 0.457. The van der Waals surface area contributed by atoms with Gasteiger partial charge >= 0.3 is 0 Å². The van der Waals surface area contributed by atoms with Crippen molar-refractivity contribution in [3.8, 4) is 5.75 Å². The maximum atomic E-state index is 12.0. The lowest BCUT2D eigenvalue weighted by atomic mass is 10.1. The van der Waals surface area contributed by atoms with Crippen molar-refractivity contribution in [3.63, 3.8) is 0 Å². The van der Waals surface area contributed by atoms with Gasteiger partial charge in [-0.1, -0.05) is 29.8 Å². The van der Waals surface area contributed by atoms with Crippen molar-refractivity contribution in [1.29, 1.82) is 0 Å². The lowest BCUT2D eigenvalue weighted by Gasteiger charge is -2.10. The molecule has 0 radical (unpaired) electrons. The van der Waals surface area contributed by atoms with Crippen molar-refractivity contribution in [1.82, 2.24) is 0 Å². The van der Waals surface area contributed by atoms with Crippen LogP contribution < -0.4 is 15.4 Å². The van der Waals surface area contributed by atoms with E-state index < -0.39 is 0 Å². The SMILES string of the molecule is CC(=O)c1cccc(Nc2ccc(NC(=O)COc3ccc(C)cc3)cc2)c1. The van der Waals surface area contributed by atoms with Gasteiger partial charge in [-0.15, -0.1) is 0 Å². The molecule has 5 nitrogen and oxygen atoms in total. The van der Waals surface area contributed by atoms with E-state index in [4.69, 9.17) is 4.74 Å². The van der Waals surface area contributed by atoms with Crippen LogP contribution in [0.25, 0.3) is 0 Å². The van der Waals surface area contributed by atoms with Crippen LogP contribution in [-0.4, -0.2) is 18.3 Å². The smallest absolute Gasteiger partial charge is 0.262 e. The summed E-state index contributed by atoms with van der Waals surface area (Å²) in [5, 5.41) is 6.04. The van der Waals surface area contributed by atoms with Gasteiger partial charge in [0.15, 0.2) is 12.4 Å². The van der Waals surface area contributed by atoms with Gasteiger partial charge in [-0.3, -0.25) is 9.59 Å². The van der Waals surface area contributed by atoms with Crippen LogP contribution in [0.2, 0.25) is 0 Å². The molecule has 0 atom stereocenters. The highest BCUT2D eigenvalue weighted by molar-refractivity contribution is 5.95. The minimum Gasteiger partial charge on any atom is -0.484 e. The van der Waals surface area contributed by atoms with Crippen LogP contribution in [0.4, 0.5) is 17.1 Å². The van der Waals surface area contributed by atoms with E-state index in [0.29, 0.717) is 17.0 Å². The van der Waals surface area contributed by atoms with Crippen molar-refractivity contribution in [3.05, 3.63) is 83.9 Å². The molecular formula is C23H22N2O3. The van der Waals surface area contributed by atoms with E-state index >= 15 is 0 Å². The molecule has 0 unspecified atom stereocenters. The second kappa shape index (κ2) is 8.86. The molecular weight excluding hydrogens is 352 g/mol. The molecule has 28 heavy (non-hydrogen) atoms. The number of ketones is 1. The Kier molecular flexibility index (Phi) is 6.07. The summed E-state index contributed by atoms with van der Waals surface area (Å²) in [5.41, 5.74) is 4.16. The molecule has 0 aromatic heterocycles. The summed E-state index contributed by atoms with van der Waals surface area (Å²) in [4.78, 5) is 23.5. The quantitative estimate of drug-likeness (QED) is 0.574. The number of rotatable bonds is 7. The fraction of sp³-hybridized carbons (Fsp3) is 0.130. The zero-order valence-corrected chi connectivity index (χ0v) is 15.9. The van der Waals surface area contributed by atoms with Crippen LogP contribution in [0.15, 0.2) is 72.8 Å². The van der Waals surface area contributed by atoms with Crippen molar-refractivity contribution in [2.24, 2.45) is 0 Å². The molecule has 3 rings (SSSR count). The van der Waals surface area contributed by atoms with Crippen LogP contribution in [-0.2, 0) is 4.79 Å². The third-order valence-corrected chi connectivity index (χ3v) is 4.12. The van der Waals surface area contributed by atoms with Crippen LogP contribution in [0.5, 0.6) is 5.75 Å². The van der Waals surface area contributed by atoms with Crippen molar-refractivity contribution >= 4 is 28.8 Å². The first kappa shape index (κ1) is 19.2. The third kappa shape index (κ3) is 5.45.